The summed E-state index contributed by atoms with van der Waals surface area (Å²) in [5.74, 6) is 0. The van der Waals surface area contributed by atoms with E-state index in [2.05, 4.69) is 47.4 Å². The first-order valence-electron chi connectivity index (χ1n) is 7.27. The summed E-state index contributed by atoms with van der Waals surface area (Å²) in [7, 11) is 4.09. The van der Waals surface area contributed by atoms with Crippen LogP contribution in [0.25, 0.3) is 26.3 Å². The fourth-order valence-electron chi connectivity index (χ4n) is 2.26. The van der Waals surface area contributed by atoms with Crippen LogP contribution in [0.5, 0.6) is 0 Å². The zero-order valence-electron chi connectivity index (χ0n) is 13.0. The van der Waals surface area contributed by atoms with Gasteiger partial charge < -0.3 is 4.90 Å². The van der Waals surface area contributed by atoms with Gasteiger partial charge in [-0.1, -0.05) is 12.1 Å². The Bertz CT molecular complexity index is 825. The highest BCUT2D eigenvalue weighted by Gasteiger charge is 2.07. The molecule has 0 atom stereocenters. The summed E-state index contributed by atoms with van der Waals surface area (Å²) in [5.41, 5.74) is 2.44. The van der Waals surface area contributed by atoms with Gasteiger partial charge in [0.2, 0.25) is 0 Å². The van der Waals surface area contributed by atoms with E-state index in [9.17, 15) is 4.79 Å². The number of carbonyl (C=O) groups excluding carboxylic acids is 1. The van der Waals surface area contributed by atoms with E-state index in [0.717, 1.165) is 11.2 Å². The van der Waals surface area contributed by atoms with Crippen molar-refractivity contribution in [3.63, 3.8) is 0 Å². The van der Waals surface area contributed by atoms with Crippen LogP contribution in [0.15, 0.2) is 54.6 Å². The number of thiophene rings is 2. The lowest BCUT2D eigenvalue weighted by Gasteiger charge is -2.12. The molecule has 2 aromatic heterocycles. The molecule has 0 N–H and O–H groups in total. The molecule has 0 unspecified atom stereocenters. The number of benzene rings is 1. The molecule has 0 aliphatic carbocycles. The van der Waals surface area contributed by atoms with Crippen molar-refractivity contribution < 1.29 is 4.79 Å². The minimum atomic E-state index is 0.806. The van der Waals surface area contributed by atoms with Crippen molar-refractivity contribution in [2.45, 2.75) is 0 Å². The molecule has 0 amide bonds. The number of carbonyl (C=O) groups is 1. The predicted molar refractivity (Wildman–Crippen MR) is 102 cm³/mol. The second-order valence-electron chi connectivity index (χ2n) is 5.30. The lowest BCUT2D eigenvalue weighted by molar-refractivity contribution is -0.104. The van der Waals surface area contributed by atoms with Crippen molar-refractivity contribution in [2.24, 2.45) is 0 Å². The Kier molecular flexibility index (Phi) is 4.74. The van der Waals surface area contributed by atoms with Crippen LogP contribution < -0.4 is 4.90 Å². The van der Waals surface area contributed by atoms with E-state index in [1.165, 1.54) is 32.0 Å². The molecule has 23 heavy (non-hydrogen) atoms. The highest BCUT2D eigenvalue weighted by atomic mass is 32.1. The van der Waals surface area contributed by atoms with Gasteiger partial charge in [-0.2, -0.15) is 0 Å². The van der Waals surface area contributed by atoms with Gasteiger partial charge in [0.25, 0.3) is 0 Å². The molecule has 0 saturated heterocycles. The first kappa shape index (κ1) is 15.7. The molecule has 2 nitrogen and oxygen atoms in total. The van der Waals surface area contributed by atoms with E-state index < -0.39 is 0 Å². The lowest BCUT2D eigenvalue weighted by atomic mass is 10.1. The number of nitrogens with zero attached hydrogens (tertiary/aromatic N) is 1. The number of aldehydes is 1. The maximum Gasteiger partial charge on any atom is 0.142 e. The molecule has 2 heterocycles. The minimum Gasteiger partial charge on any atom is -0.378 e. The second-order valence-corrected chi connectivity index (χ2v) is 7.50. The van der Waals surface area contributed by atoms with Crippen LogP contribution in [0.1, 0.15) is 4.88 Å². The summed E-state index contributed by atoms with van der Waals surface area (Å²) in [6, 6.07) is 17.1. The quantitative estimate of drug-likeness (QED) is 0.457. The third kappa shape index (κ3) is 3.60. The summed E-state index contributed by atoms with van der Waals surface area (Å²) in [6.45, 7) is 0. The van der Waals surface area contributed by atoms with Crippen molar-refractivity contribution in [3.8, 4) is 20.2 Å². The van der Waals surface area contributed by atoms with Crippen molar-refractivity contribution in [2.75, 3.05) is 19.0 Å². The van der Waals surface area contributed by atoms with E-state index in [-0.39, 0.29) is 0 Å². The molecule has 3 aromatic rings. The van der Waals surface area contributed by atoms with Crippen molar-refractivity contribution in [3.05, 3.63) is 59.5 Å². The van der Waals surface area contributed by atoms with Gasteiger partial charge >= 0.3 is 0 Å². The van der Waals surface area contributed by atoms with Crippen molar-refractivity contribution in [1.82, 2.24) is 0 Å². The molecule has 0 bridgehead atoms. The number of hydrogen-bond acceptors (Lipinski definition) is 4. The Morgan fingerprint density at radius 3 is 2.17 bits per heavy atom. The second kappa shape index (κ2) is 6.94. The highest BCUT2D eigenvalue weighted by Crippen LogP contribution is 2.38. The SMILES string of the molecule is CN(C)c1ccc(-c2ccc(-c3ccc(/C=C/C=O)s3)s2)cc1. The molecular weight excluding hydrogens is 322 g/mol. The minimum absolute atomic E-state index is 0.806. The van der Waals surface area contributed by atoms with Gasteiger partial charge in [0.1, 0.15) is 6.29 Å². The molecule has 4 heteroatoms. The van der Waals surface area contributed by atoms with Gasteiger partial charge in [-0.05, 0) is 54.1 Å². The van der Waals surface area contributed by atoms with E-state index >= 15 is 0 Å². The fraction of sp³-hybridized carbons (Fsp3) is 0.105. The summed E-state index contributed by atoms with van der Waals surface area (Å²) in [4.78, 5) is 17.4. The standard InChI is InChI=1S/C19H17NOS2/c1-20(2)15-7-5-14(6-8-15)17-11-12-19(23-17)18-10-9-16(22-18)4-3-13-21/h3-13H,1-2H3/b4-3+. The average molecular weight is 339 g/mol. The Balaban J connectivity index is 1.83. The Hall–Kier alpha value is -2.17. The smallest absolute Gasteiger partial charge is 0.142 e. The van der Waals surface area contributed by atoms with E-state index in [1.807, 2.05) is 26.2 Å². The monoisotopic (exact) mass is 339 g/mol. The van der Waals surface area contributed by atoms with Crippen LogP contribution in [-0.2, 0) is 4.79 Å². The lowest BCUT2D eigenvalue weighted by Crippen LogP contribution is -2.07. The number of rotatable bonds is 5. The molecule has 0 spiro atoms. The van der Waals surface area contributed by atoms with Gasteiger partial charge in [-0.25, -0.2) is 0 Å². The van der Waals surface area contributed by atoms with Gasteiger partial charge in [-0.3, -0.25) is 4.79 Å². The predicted octanol–water partition coefficient (Wildman–Crippen LogP) is 5.42. The Morgan fingerprint density at radius 1 is 0.826 bits per heavy atom. The molecule has 0 aliphatic rings. The maximum absolute atomic E-state index is 10.4. The van der Waals surface area contributed by atoms with Gasteiger partial charge in [0.15, 0.2) is 0 Å². The van der Waals surface area contributed by atoms with E-state index in [0.29, 0.717) is 0 Å². The largest absolute Gasteiger partial charge is 0.378 e. The average Bonchev–Trinajstić information content (AvgIpc) is 3.22. The zero-order chi connectivity index (χ0) is 16.2. The van der Waals surface area contributed by atoms with Crippen LogP contribution in [0.2, 0.25) is 0 Å². The number of allylic oxidation sites excluding steroid dienone is 1. The summed E-state index contributed by atoms with van der Waals surface area (Å²) in [5, 5.41) is 0. The van der Waals surface area contributed by atoms with Crippen LogP contribution >= 0.6 is 22.7 Å². The van der Waals surface area contributed by atoms with Gasteiger partial charge in [-0.15, -0.1) is 22.7 Å². The van der Waals surface area contributed by atoms with E-state index in [1.54, 1.807) is 22.7 Å². The maximum atomic E-state index is 10.4. The van der Waals surface area contributed by atoms with Crippen LogP contribution in [0.3, 0.4) is 0 Å². The van der Waals surface area contributed by atoms with Crippen molar-refractivity contribution >= 4 is 40.7 Å². The fourth-order valence-corrected chi connectivity index (χ4v) is 4.28. The summed E-state index contributed by atoms with van der Waals surface area (Å²) < 4.78 is 0. The van der Waals surface area contributed by atoms with Gasteiger partial charge in [0, 0.05) is 39.3 Å². The third-order valence-corrected chi connectivity index (χ3v) is 5.86. The molecule has 1 aromatic carbocycles. The molecule has 0 aliphatic heterocycles. The summed E-state index contributed by atoms with van der Waals surface area (Å²) >= 11 is 3.49. The Labute approximate surface area is 144 Å². The zero-order valence-corrected chi connectivity index (χ0v) is 14.7. The normalized spacial score (nSPS) is 11.0. The molecular formula is C19H17NOS2. The molecule has 0 radical (unpaired) electrons. The van der Waals surface area contributed by atoms with E-state index in [4.69, 9.17) is 0 Å². The van der Waals surface area contributed by atoms with Crippen LogP contribution in [0, 0.1) is 0 Å². The first-order chi connectivity index (χ1) is 11.2. The Morgan fingerprint density at radius 2 is 1.48 bits per heavy atom. The van der Waals surface area contributed by atoms with Crippen LogP contribution in [0.4, 0.5) is 5.69 Å². The highest BCUT2D eigenvalue weighted by molar-refractivity contribution is 7.24. The topological polar surface area (TPSA) is 20.3 Å². The molecule has 3 rings (SSSR count). The number of hydrogen-bond donors (Lipinski definition) is 0. The first-order valence-corrected chi connectivity index (χ1v) is 8.90. The molecule has 0 saturated carbocycles. The number of anilines is 1. The summed E-state index contributed by atoms with van der Waals surface area (Å²) in [6.07, 6.45) is 4.18. The molecule has 0 fully saturated rings. The van der Waals surface area contributed by atoms with Crippen LogP contribution in [-0.4, -0.2) is 20.4 Å². The van der Waals surface area contributed by atoms with Crippen molar-refractivity contribution in [1.29, 1.82) is 0 Å². The molecule has 116 valence electrons. The van der Waals surface area contributed by atoms with Gasteiger partial charge in [0.05, 0.1) is 0 Å². The third-order valence-electron chi connectivity index (χ3n) is 3.48.